The Morgan fingerprint density at radius 2 is 2.31 bits per heavy atom. The van der Waals surface area contributed by atoms with E-state index in [2.05, 4.69) is 15.3 Å². The predicted molar refractivity (Wildman–Crippen MR) is 60.2 cm³/mol. The summed E-state index contributed by atoms with van der Waals surface area (Å²) in [6.45, 7) is 2.51. The minimum Gasteiger partial charge on any atom is -0.481 e. The van der Waals surface area contributed by atoms with Gasteiger partial charge in [-0.1, -0.05) is 0 Å². The maximum atomic E-state index is 10.5. The molecule has 0 fully saturated rings. The van der Waals surface area contributed by atoms with Gasteiger partial charge in [0, 0.05) is 13.0 Å². The van der Waals surface area contributed by atoms with E-state index in [-0.39, 0.29) is 5.91 Å². The van der Waals surface area contributed by atoms with Crippen molar-refractivity contribution in [3.8, 4) is 5.88 Å². The molecule has 16 heavy (non-hydrogen) atoms. The van der Waals surface area contributed by atoms with Gasteiger partial charge in [-0.25, -0.2) is 9.97 Å². The number of carbonyl (C=O) groups is 1. The minimum atomic E-state index is -0.293. The van der Waals surface area contributed by atoms with Gasteiger partial charge in [-0.2, -0.15) is 0 Å². The molecule has 0 bridgehead atoms. The van der Waals surface area contributed by atoms with Gasteiger partial charge in [0.15, 0.2) is 0 Å². The van der Waals surface area contributed by atoms with Gasteiger partial charge in [0.1, 0.15) is 12.1 Å². The Morgan fingerprint density at radius 1 is 1.56 bits per heavy atom. The SMILES string of the molecule is COc1ncnc(NCCCC(N)=O)c1C. The molecule has 6 heteroatoms. The molecule has 88 valence electrons. The summed E-state index contributed by atoms with van der Waals surface area (Å²) in [5.74, 6) is 0.975. The molecule has 1 amide bonds. The molecule has 0 atom stereocenters. The number of ether oxygens (including phenoxy) is 1. The number of nitrogens with one attached hydrogen (secondary N) is 1. The zero-order valence-electron chi connectivity index (χ0n) is 9.49. The van der Waals surface area contributed by atoms with Crippen LogP contribution in [0.3, 0.4) is 0 Å². The second-order valence-corrected chi connectivity index (χ2v) is 3.35. The molecule has 1 aromatic heterocycles. The number of hydrogen-bond acceptors (Lipinski definition) is 5. The lowest BCUT2D eigenvalue weighted by Crippen LogP contribution is -2.13. The van der Waals surface area contributed by atoms with E-state index in [0.29, 0.717) is 25.3 Å². The predicted octanol–water partition coefficient (Wildman–Crippen LogP) is 0.471. The van der Waals surface area contributed by atoms with Crippen LogP contribution in [0.15, 0.2) is 6.33 Å². The normalized spacial score (nSPS) is 9.88. The lowest BCUT2D eigenvalue weighted by Gasteiger charge is -2.09. The first-order chi connectivity index (χ1) is 7.65. The topological polar surface area (TPSA) is 90.1 Å². The molecule has 6 nitrogen and oxygen atoms in total. The monoisotopic (exact) mass is 224 g/mol. The van der Waals surface area contributed by atoms with Gasteiger partial charge in [0.2, 0.25) is 11.8 Å². The average Bonchev–Trinajstić information content (AvgIpc) is 2.26. The third-order valence-corrected chi connectivity index (χ3v) is 2.12. The first-order valence-corrected chi connectivity index (χ1v) is 5.03. The quantitative estimate of drug-likeness (QED) is 0.685. The molecular formula is C10H16N4O2. The van der Waals surface area contributed by atoms with Crippen molar-refractivity contribution in [2.24, 2.45) is 5.73 Å². The molecule has 0 aliphatic heterocycles. The summed E-state index contributed by atoms with van der Waals surface area (Å²) in [7, 11) is 1.56. The number of aromatic nitrogens is 2. The number of carbonyl (C=O) groups excluding carboxylic acids is 1. The van der Waals surface area contributed by atoms with E-state index in [9.17, 15) is 4.79 Å². The van der Waals surface area contributed by atoms with Gasteiger partial charge in [-0.3, -0.25) is 4.79 Å². The summed E-state index contributed by atoms with van der Waals surface area (Å²) < 4.78 is 5.06. The molecule has 0 spiro atoms. The summed E-state index contributed by atoms with van der Waals surface area (Å²) in [6, 6.07) is 0. The Bertz CT molecular complexity index is 368. The molecule has 0 saturated heterocycles. The molecule has 0 aliphatic rings. The molecule has 0 aromatic carbocycles. The van der Waals surface area contributed by atoms with E-state index in [1.54, 1.807) is 7.11 Å². The number of amides is 1. The van der Waals surface area contributed by atoms with Crippen molar-refractivity contribution >= 4 is 11.7 Å². The van der Waals surface area contributed by atoms with Crippen LogP contribution in [0.25, 0.3) is 0 Å². The van der Waals surface area contributed by atoms with Crippen LogP contribution in [0, 0.1) is 6.92 Å². The van der Waals surface area contributed by atoms with Gasteiger partial charge >= 0.3 is 0 Å². The van der Waals surface area contributed by atoms with Gasteiger partial charge < -0.3 is 15.8 Å². The van der Waals surface area contributed by atoms with Crippen molar-refractivity contribution in [1.29, 1.82) is 0 Å². The molecule has 0 aliphatic carbocycles. The number of methoxy groups -OCH3 is 1. The Balaban J connectivity index is 2.50. The van der Waals surface area contributed by atoms with Crippen LogP contribution >= 0.6 is 0 Å². The largest absolute Gasteiger partial charge is 0.481 e. The Labute approximate surface area is 94.2 Å². The summed E-state index contributed by atoms with van der Waals surface area (Å²) in [5, 5.41) is 3.10. The number of nitrogens with two attached hydrogens (primary N) is 1. The lowest BCUT2D eigenvalue weighted by molar-refractivity contribution is -0.118. The van der Waals surface area contributed by atoms with Crippen molar-refractivity contribution in [3.05, 3.63) is 11.9 Å². The van der Waals surface area contributed by atoms with Crippen molar-refractivity contribution in [2.45, 2.75) is 19.8 Å². The smallest absolute Gasteiger partial charge is 0.221 e. The highest BCUT2D eigenvalue weighted by molar-refractivity contribution is 5.73. The van der Waals surface area contributed by atoms with Gasteiger partial charge in [0.25, 0.3) is 0 Å². The molecule has 0 unspecified atom stereocenters. The zero-order chi connectivity index (χ0) is 12.0. The Kier molecular flexibility index (Phi) is 4.50. The van der Waals surface area contributed by atoms with Crippen LogP contribution in [0.2, 0.25) is 0 Å². The summed E-state index contributed by atoms with van der Waals surface area (Å²) >= 11 is 0. The summed E-state index contributed by atoms with van der Waals surface area (Å²) in [6.07, 6.45) is 2.48. The first kappa shape index (κ1) is 12.2. The fourth-order valence-corrected chi connectivity index (χ4v) is 1.29. The van der Waals surface area contributed by atoms with Crippen LogP contribution in [0.4, 0.5) is 5.82 Å². The number of rotatable bonds is 6. The molecule has 0 radical (unpaired) electrons. The second-order valence-electron chi connectivity index (χ2n) is 3.35. The highest BCUT2D eigenvalue weighted by Crippen LogP contribution is 2.19. The van der Waals surface area contributed by atoms with E-state index in [4.69, 9.17) is 10.5 Å². The fourth-order valence-electron chi connectivity index (χ4n) is 1.29. The van der Waals surface area contributed by atoms with Crippen LogP contribution in [0.5, 0.6) is 5.88 Å². The average molecular weight is 224 g/mol. The maximum Gasteiger partial charge on any atom is 0.221 e. The van der Waals surface area contributed by atoms with Gasteiger partial charge in [-0.15, -0.1) is 0 Å². The van der Waals surface area contributed by atoms with Crippen LogP contribution in [0.1, 0.15) is 18.4 Å². The second kappa shape index (κ2) is 5.89. The molecule has 1 heterocycles. The highest BCUT2D eigenvalue weighted by atomic mass is 16.5. The Morgan fingerprint density at radius 3 is 2.94 bits per heavy atom. The van der Waals surface area contributed by atoms with Crippen LogP contribution in [-0.2, 0) is 4.79 Å². The zero-order valence-corrected chi connectivity index (χ0v) is 9.49. The van der Waals surface area contributed by atoms with Gasteiger partial charge in [0.05, 0.1) is 12.7 Å². The highest BCUT2D eigenvalue weighted by Gasteiger charge is 2.06. The van der Waals surface area contributed by atoms with E-state index in [0.717, 1.165) is 11.4 Å². The maximum absolute atomic E-state index is 10.5. The number of hydrogen-bond donors (Lipinski definition) is 2. The molecule has 0 saturated carbocycles. The lowest BCUT2D eigenvalue weighted by atomic mass is 10.3. The molecule has 1 aromatic rings. The van der Waals surface area contributed by atoms with E-state index in [1.807, 2.05) is 6.92 Å². The van der Waals surface area contributed by atoms with Gasteiger partial charge in [-0.05, 0) is 13.3 Å². The van der Waals surface area contributed by atoms with E-state index in [1.165, 1.54) is 6.33 Å². The fraction of sp³-hybridized carbons (Fsp3) is 0.500. The van der Waals surface area contributed by atoms with Crippen molar-refractivity contribution in [2.75, 3.05) is 19.0 Å². The summed E-state index contributed by atoms with van der Waals surface area (Å²) in [4.78, 5) is 18.6. The molecule has 3 N–H and O–H groups in total. The number of nitrogens with zero attached hydrogens (tertiary/aromatic N) is 2. The molecule has 1 rings (SSSR count). The van der Waals surface area contributed by atoms with E-state index >= 15 is 0 Å². The third kappa shape index (κ3) is 3.38. The number of primary amides is 1. The number of anilines is 1. The van der Waals surface area contributed by atoms with E-state index < -0.39 is 0 Å². The molecular weight excluding hydrogens is 208 g/mol. The van der Waals surface area contributed by atoms with Crippen LogP contribution in [-0.4, -0.2) is 29.5 Å². The first-order valence-electron chi connectivity index (χ1n) is 5.03. The van der Waals surface area contributed by atoms with Crippen molar-refractivity contribution in [3.63, 3.8) is 0 Å². The van der Waals surface area contributed by atoms with Crippen molar-refractivity contribution in [1.82, 2.24) is 9.97 Å². The standard InChI is InChI=1S/C10H16N4O2/c1-7-9(12-5-3-4-8(11)15)13-6-14-10(7)16-2/h6H,3-5H2,1-2H3,(H2,11,15)(H,12,13,14). The minimum absolute atomic E-state index is 0.293. The summed E-state index contributed by atoms with van der Waals surface area (Å²) in [5.41, 5.74) is 5.89. The third-order valence-electron chi connectivity index (χ3n) is 2.12. The Hall–Kier alpha value is -1.85. The van der Waals surface area contributed by atoms with Crippen LogP contribution < -0.4 is 15.8 Å². The van der Waals surface area contributed by atoms with Crippen molar-refractivity contribution < 1.29 is 9.53 Å².